The van der Waals surface area contributed by atoms with E-state index in [-0.39, 0.29) is 16.8 Å². The fraction of sp³-hybridized carbons (Fsp3) is 0.588. The zero-order valence-corrected chi connectivity index (χ0v) is 14.6. The van der Waals surface area contributed by atoms with Gasteiger partial charge in [0.2, 0.25) is 0 Å². The van der Waals surface area contributed by atoms with E-state index in [2.05, 4.69) is 25.7 Å². The average molecular weight is 341 g/mol. The molecule has 0 spiro atoms. The van der Waals surface area contributed by atoms with Gasteiger partial charge in [0.1, 0.15) is 11.8 Å². The van der Waals surface area contributed by atoms with Crippen molar-refractivity contribution in [1.82, 2.24) is 9.80 Å². The van der Waals surface area contributed by atoms with Crippen LogP contribution in [0.5, 0.6) is 5.75 Å². The molecule has 6 heteroatoms. The van der Waals surface area contributed by atoms with Gasteiger partial charge in [-0.25, -0.2) is 0 Å². The van der Waals surface area contributed by atoms with E-state index in [4.69, 9.17) is 11.6 Å². The molecule has 0 amide bonds. The summed E-state index contributed by atoms with van der Waals surface area (Å²) in [4.78, 5) is 16.2. The van der Waals surface area contributed by atoms with Gasteiger partial charge in [0.05, 0.1) is 5.02 Å². The maximum atomic E-state index is 11.8. The molecule has 0 radical (unpaired) electrons. The number of piperazine rings is 1. The second kappa shape index (κ2) is 7.51. The molecule has 1 aliphatic rings. The molecule has 2 N–H and O–H groups in total. The molecule has 2 rings (SSSR count). The van der Waals surface area contributed by atoms with E-state index >= 15 is 0 Å². The summed E-state index contributed by atoms with van der Waals surface area (Å²) >= 11 is 5.95. The Morgan fingerprint density at radius 1 is 1.39 bits per heavy atom. The topological polar surface area (TPSA) is 64.0 Å². The van der Waals surface area contributed by atoms with Gasteiger partial charge in [0.25, 0.3) is 0 Å². The number of phenols is 1. The molecule has 1 heterocycles. The Kier molecular flexibility index (Phi) is 5.89. The molecular weight excluding hydrogens is 316 g/mol. The summed E-state index contributed by atoms with van der Waals surface area (Å²) in [5.74, 6) is -0.329. The molecule has 1 aliphatic heterocycles. The standard InChI is InChI=1S/C17H25ClN2O3/c1-11(2)9-19-6-7-20(12(3)10-19)16(17(22)23)13-4-5-15(21)14(18)8-13/h4-5,8,11-12,16,21H,6-7,9-10H2,1-3H3,(H,22,23). The third kappa shape index (κ3) is 4.37. The number of nitrogens with zero attached hydrogens (tertiary/aromatic N) is 2. The third-order valence-electron chi connectivity index (χ3n) is 4.24. The lowest BCUT2D eigenvalue weighted by atomic mass is 10.0. The minimum absolute atomic E-state index is 0.0330. The highest BCUT2D eigenvalue weighted by Gasteiger charge is 2.34. The highest BCUT2D eigenvalue weighted by Crippen LogP contribution is 2.31. The Bertz CT molecular complexity index is 565. The van der Waals surface area contributed by atoms with Crippen molar-refractivity contribution in [3.05, 3.63) is 28.8 Å². The smallest absolute Gasteiger partial charge is 0.325 e. The number of carbonyl (C=O) groups is 1. The highest BCUT2D eigenvalue weighted by atomic mass is 35.5. The number of phenolic OH excluding ortho intramolecular Hbond substituents is 1. The third-order valence-corrected chi connectivity index (χ3v) is 4.54. The maximum Gasteiger partial charge on any atom is 0.325 e. The first kappa shape index (κ1) is 18.0. The summed E-state index contributed by atoms with van der Waals surface area (Å²) in [6.07, 6.45) is 0. The molecule has 1 aromatic carbocycles. The van der Waals surface area contributed by atoms with E-state index in [0.29, 0.717) is 18.0 Å². The Labute approximate surface area is 142 Å². The number of carboxylic acid groups (broad SMARTS) is 1. The maximum absolute atomic E-state index is 11.8. The fourth-order valence-corrected chi connectivity index (χ4v) is 3.47. The minimum atomic E-state index is -0.893. The zero-order chi connectivity index (χ0) is 17.1. The molecule has 1 fully saturated rings. The average Bonchev–Trinajstić information content (AvgIpc) is 2.44. The lowest BCUT2D eigenvalue weighted by Crippen LogP contribution is -2.54. The van der Waals surface area contributed by atoms with Crippen molar-refractivity contribution in [2.24, 2.45) is 5.92 Å². The van der Waals surface area contributed by atoms with E-state index in [9.17, 15) is 15.0 Å². The zero-order valence-electron chi connectivity index (χ0n) is 13.9. The Morgan fingerprint density at radius 2 is 2.09 bits per heavy atom. The van der Waals surface area contributed by atoms with Crippen LogP contribution in [0.4, 0.5) is 0 Å². The number of rotatable bonds is 5. The highest BCUT2D eigenvalue weighted by molar-refractivity contribution is 6.32. The molecule has 23 heavy (non-hydrogen) atoms. The predicted molar refractivity (Wildman–Crippen MR) is 90.9 cm³/mol. The van der Waals surface area contributed by atoms with Crippen LogP contribution >= 0.6 is 11.6 Å². The first-order chi connectivity index (χ1) is 10.8. The van der Waals surface area contributed by atoms with E-state index in [1.807, 2.05) is 4.90 Å². The summed E-state index contributed by atoms with van der Waals surface area (Å²) in [5.41, 5.74) is 0.601. The number of aromatic hydroxyl groups is 1. The van der Waals surface area contributed by atoms with Crippen LogP contribution in [0.2, 0.25) is 5.02 Å². The van der Waals surface area contributed by atoms with Crippen molar-refractivity contribution in [2.45, 2.75) is 32.9 Å². The first-order valence-corrected chi connectivity index (χ1v) is 8.36. The number of hydrogen-bond acceptors (Lipinski definition) is 4. The summed E-state index contributed by atoms with van der Waals surface area (Å²) in [5, 5.41) is 19.4. The second-order valence-electron chi connectivity index (χ2n) is 6.69. The van der Waals surface area contributed by atoms with Gasteiger partial charge in [0, 0.05) is 32.2 Å². The van der Waals surface area contributed by atoms with Crippen LogP contribution in [0.1, 0.15) is 32.4 Å². The first-order valence-electron chi connectivity index (χ1n) is 7.99. The van der Waals surface area contributed by atoms with Crippen molar-refractivity contribution in [3.63, 3.8) is 0 Å². The van der Waals surface area contributed by atoms with Crippen molar-refractivity contribution in [1.29, 1.82) is 0 Å². The summed E-state index contributed by atoms with van der Waals surface area (Å²) < 4.78 is 0. The predicted octanol–water partition coefficient (Wildman–Crippen LogP) is 2.83. The summed E-state index contributed by atoms with van der Waals surface area (Å²) in [6, 6.07) is 4.02. The van der Waals surface area contributed by atoms with Gasteiger partial charge in [-0.15, -0.1) is 0 Å². The minimum Gasteiger partial charge on any atom is -0.506 e. The Hall–Kier alpha value is -1.30. The Morgan fingerprint density at radius 3 is 2.61 bits per heavy atom. The number of halogens is 1. The molecule has 128 valence electrons. The molecule has 0 aromatic heterocycles. The van der Waals surface area contributed by atoms with Crippen LogP contribution in [-0.4, -0.2) is 58.2 Å². The van der Waals surface area contributed by atoms with Crippen LogP contribution in [0, 0.1) is 5.92 Å². The lowest BCUT2D eigenvalue weighted by Gasteiger charge is -2.43. The van der Waals surface area contributed by atoms with Crippen molar-refractivity contribution < 1.29 is 15.0 Å². The largest absolute Gasteiger partial charge is 0.506 e. The monoisotopic (exact) mass is 340 g/mol. The van der Waals surface area contributed by atoms with Gasteiger partial charge in [-0.05, 0) is 30.5 Å². The normalized spacial score (nSPS) is 21.5. The van der Waals surface area contributed by atoms with E-state index < -0.39 is 12.0 Å². The van der Waals surface area contributed by atoms with Crippen molar-refractivity contribution in [2.75, 3.05) is 26.2 Å². The van der Waals surface area contributed by atoms with E-state index in [0.717, 1.165) is 19.6 Å². The second-order valence-corrected chi connectivity index (χ2v) is 7.10. The van der Waals surface area contributed by atoms with Crippen LogP contribution in [0.3, 0.4) is 0 Å². The van der Waals surface area contributed by atoms with Crippen LogP contribution in [-0.2, 0) is 4.79 Å². The van der Waals surface area contributed by atoms with Gasteiger partial charge in [-0.3, -0.25) is 9.69 Å². The number of hydrogen-bond donors (Lipinski definition) is 2. The molecular formula is C17H25ClN2O3. The van der Waals surface area contributed by atoms with Crippen molar-refractivity contribution in [3.8, 4) is 5.75 Å². The van der Waals surface area contributed by atoms with Gasteiger partial charge >= 0.3 is 5.97 Å². The number of benzene rings is 1. The molecule has 1 aromatic rings. The van der Waals surface area contributed by atoms with Crippen LogP contribution in [0.25, 0.3) is 0 Å². The molecule has 0 bridgehead atoms. The SMILES string of the molecule is CC(C)CN1CCN(C(C(=O)O)c2ccc(O)c(Cl)c2)C(C)C1. The van der Waals surface area contributed by atoms with Gasteiger partial charge in [0.15, 0.2) is 0 Å². The molecule has 0 aliphatic carbocycles. The molecule has 1 saturated heterocycles. The Balaban J connectivity index is 2.18. The number of aliphatic carboxylic acids is 1. The van der Waals surface area contributed by atoms with Crippen molar-refractivity contribution >= 4 is 17.6 Å². The fourth-order valence-electron chi connectivity index (χ4n) is 3.28. The van der Waals surface area contributed by atoms with E-state index in [1.54, 1.807) is 12.1 Å². The van der Waals surface area contributed by atoms with Crippen LogP contribution in [0.15, 0.2) is 18.2 Å². The van der Waals surface area contributed by atoms with Gasteiger partial charge in [-0.2, -0.15) is 0 Å². The van der Waals surface area contributed by atoms with Gasteiger partial charge < -0.3 is 15.1 Å². The molecule has 5 nitrogen and oxygen atoms in total. The van der Waals surface area contributed by atoms with Crippen LogP contribution < -0.4 is 0 Å². The quantitative estimate of drug-likeness (QED) is 0.863. The molecule has 0 saturated carbocycles. The molecule has 2 atom stereocenters. The molecule has 2 unspecified atom stereocenters. The summed E-state index contributed by atoms with van der Waals surface area (Å²) in [6.45, 7) is 9.88. The van der Waals surface area contributed by atoms with Gasteiger partial charge in [-0.1, -0.05) is 31.5 Å². The number of carboxylic acids is 1. The summed E-state index contributed by atoms with van der Waals surface area (Å²) in [7, 11) is 0. The lowest BCUT2D eigenvalue weighted by molar-refractivity contribution is -0.145. The van der Waals surface area contributed by atoms with E-state index in [1.165, 1.54) is 6.07 Å².